The number of hydrazine groups is 1. The van der Waals surface area contributed by atoms with Crippen molar-refractivity contribution in [2.75, 3.05) is 5.75 Å². The third-order valence-corrected chi connectivity index (χ3v) is 4.96. The molecule has 1 saturated carbocycles. The van der Waals surface area contributed by atoms with Crippen LogP contribution in [-0.2, 0) is 14.4 Å². The van der Waals surface area contributed by atoms with Crippen molar-refractivity contribution in [3.8, 4) is 5.75 Å². The summed E-state index contributed by atoms with van der Waals surface area (Å²) in [5, 5.41) is 0.857. The topological polar surface area (TPSA) is 75.7 Å². The molecule has 122 valence electrons. The van der Waals surface area contributed by atoms with Gasteiger partial charge in [0.05, 0.1) is 5.75 Å². The molecule has 1 aromatic carbocycles. The molecule has 2 fully saturated rings. The smallest absolute Gasteiger partial charge is 0.286 e. The number of rotatable bonds is 7. The minimum Gasteiger partial charge on any atom is -0.477 e. The number of nitrogens with zero attached hydrogens (tertiary/aromatic N) is 1. The molecule has 2 atom stereocenters. The zero-order valence-corrected chi connectivity index (χ0v) is 13.5. The molecule has 0 bridgehead atoms. The fourth-order valence-electron chi connectivity index (χ4n) is 2.33. The molecule has 3 rings (SSSR count). The van der Waals surface area contributed by atoms with E-state index < -0.39 is 11.5 Å². The first-order chi connectivity index (χ1) is 11.1. The van der Waals surface area contributed by atoms with Crippen LogP contribution < -0.4 is 10.2 Å². The van der Waals surface area contributed by atoms with Gasteiger partial charge in [0.15, 0.2) is 0 Å². The van der Waals surface area contributed by atoms with E-state index in [9.17, 15) is 14.4 Å². The average Bonchev–Trinajstić information content (AvgIpc) is 3.38. The number of hydrogen-bond acceptors (Lipinski definition) is 5. The fraction of sp³-hybridized carbons (Fsp3) is 0.438. The van der Waals surface area contributed by atoms with Crippen LogP contribution >= 0.6 is 11.8 Å². The van der Waals surface area contributed by atoms with Crippen LogP contribution in [0.2, 0.25) is 0 Å². The Bertz CT molecular complexity index is 618. The Labute approximate surface area is 138 Å². The van der Waals surface area contributed by atoms with Crippen molar-refractivity contribution in [2.45, 2.75) is 31.2 Å². The lowest BCUT2D eigenvalue weighted by Gasteiger charge is -2.45. The number of carbonyl (C=O) groups excluding carboxylic acids is 3. The Morgan fingerprint density at radius 2 is 2.00 bits per heavy atom. The number of Topliss-reactive ketones (excluding diaryl/α,β-unsaturated/α-hetero) is 1. The molecule has 0 unspecified atom stereocenters. The molecule has 0 radical (unpaired) electrons. The summed E-state index contributed by atoms with van der Waals surface area (Å²) in [6.07, 6.45) is 1.23. The van der Waals surface area contributed by atoms with Crippen molar-refractivity contribution >= 4 is 29.4 Å². The van der Waals surface area contributed by atoms with E-state index in [4.69, 9.17) is 4.74 Å². The van der Waals surface area contributed by atoms with Crippen LogP contribution in [0.4, 0.5) is 0 Å². The first-order valence-corrected chi connectivity index (χ1v) is 8.57. The van der Waals surface area contributed by atoms with E-state index >= 15 is 0 Å². The third-order valence-electron chi connectivity index (χ3n) is 3.71. The van der Waals surface area contributed by atoms with E-state index in [2.05, 4.69) is 5.43 Å². The molecule has 2 aliphatic rings. The van der Waals surface area contributed by atoms with Gasteiger partial charge in [0.25, 0.3) is 5.91 Å². The second kappa shape index (κ2) is 6.62. The normalized spacial score (nSPS) is 23.2. The lowest BCUT2D eigenvalue weighted by atomic mass is 10.2. The molecule has 0 spiro atoms. The van der Waals surface area contributed by atoms with Crippen LogP contribution in [0.5, 0.6) is 5.75 Å². The number of carbonyl (C=O) groups is 3. The minimum atomic E-state index is -0.693. The van der Waals surface area contributed by atoms with E-state index in [1.165, 1.54) is 23.7 Å². The molecule has 7 heteroatoms. The molecule has 0 aromatic heterocycles. The van der Waals surface area contributed by atoms with E-state index in [0.717, 1.165) is 12.8 Å². The van der Waals surface area contributed by atoms with Gasteiger partial charge in [-0.25, -0.2) is 5.01 Å². The number of ether oxygens (including phenoxy) is 1. The van der Waals surface area contributed by atoms with Gasteiger partial charge in [-0.1, -0.05) is 18.2 Å². The molecule has 1 aliphatic carbocycles. The lowest BCUT2D eigenvalue weighted by Crippen LogP contribution is -2.70. The van der Waals surface area contributed by atoms with Crippen molar-refractivity contribution in [1.82, 2.24) is 10.4 Å². The zero-order chi connectivity index (χ0) is 16.4. The molecule has 6 nitrogen and oxygen atoms in total. The van der Waals surface area contributed by atoms with E-state index in [-0.39, 0.29) is 23.5 Å². The monoisotopic (exact) mass is 334 g/mol. The van der Waals surface area contributed by atoms with Crippen LogP contribution in [0.3, 0.4) is 0 Å². The number of para-hydroxylation sites is 1. The highest BCUT2D eigenvalue weighted by atomic mass is 32.2. The average molecular weight is 334 g/mol. The summed E-state index contributed by atoms with van der Waals surface area (Å²) in [5.41, 5.74) is 2.50. The van der Waals surface area contributed by atoms with Gasteiger partial charge in [0.2, 0.25) is 12.0 Å². The predicted molar refractivity (Wildman–Crippen MR) is 85.5 cm³/mol. The second-order valence-corrected chi connectivity index (χ2v) is 6.77. The van der Waals surface area contributed by atoms with Crippen molar-refractivity contribution in [3.63, 3.8) is 0 Å². The van der Waals surface area contributed by atoms with E-state index in [0.29, 0.717) is 11.5 Å². The van der Waals surface area contributed by atoms with Crippen LogP contribution in [0.1, 0.15) is 19.8 Å². The Morgan fingerprint density at radius 3 is 2.61 bits per heavy atom. The number of amides is 2. The molecular weight excluding hydrogens is 316 g/mol. The molecule has 1 aromatic rings. The predicted octanol–water partition coefficient (Wildman–Crippen LogP) is 1.37. The van der Waals surface area contributed by atoms with Crippen LogP contribution in [0, 0.1) is 5.92 Å². The van der Waals surface area contributed by atoms with Gasteiger partial charge in [0, 0.05) is 12.8 Å². The van der Waals surface area contributed by atoms with Crippen LogP contribution in [0.25, 0.3) is 0 Å². The van der Waals surface area contributed by atoms with Crippen molar-refractivity contribution in [3.05, 3.63) is 30.3 Å². The Hall–Kier alpha value is -2.02. The maximum atomic E-state index is 12.2. The number of nitrogens with one attached hydrogen (secondary N) is 1. The third kappa shape index (κ3) is 3.67. The summed E-state index contributed by atoms with van der Waals surface area (Å²) < 4.78 is 5.72. The molecule has 1 heterocycles. The van der Waals surface area contributed by atoms with Crippen LogP contribution in [0.15, 0.2) is 30.3 Å². The Morgan fingerprint density at radius 1 is 1.30 bits per heavy atom. The van der Waals surface area contributed by atoms with Gasteiger partial charge in [-0.05, 0) is 25.0 Å². The highest BCUT2D eigenvalue weighted by Gasteiger charge is 2.51. The summed E-state index contributed by atoms with van der Waals surface area (Å²) in [6.45, 7) is 1.34. The van der Waals surface area contributed by atoms with Crippen molar-refractivity contribution in [1.29, 1.82) is 0 Å². The lowest BCUT2D eigenvalue weighted by molar-refractivity contribution is -0.165. The van der Waals surface area contributed by atoms with E-state index in [1.807, 2.05) is 18.2 Å². The van der Waals surface area contributed by atoms with Gasteiger partial charge in [0.1, 0.15) is 16.9 Å². The molecule has 2 amide bonds. The summed E-state index contributed by atoms with van der Waals surface area (Å²) in [4.78, 5) is 35.3. The summed E-state index contributed by atoms with van der Waals surface area (Å²) in [6, 6.07) is 9.04. The maximum Gasteiger partial charge on any atom is 0.286 e. The number of hydrogen-bond donors (Lipinski definition) is 1. The van der Waals surface area contributed by atoms with Gasteiger partial charge in [-0.15, -0.1) is 11.8 Å². The fourth-order valence-corrected chi connectivity index (χ4v) is 3.56. The van der Waals surface area contributed by atoms with Crippen molar-refractivity contribution < 1.29 is 19.1 Å². The SMILES string of the molecule is CC(=O)NN1C(=O)[C@@H](Oc2ccccc2)[C@H]1SCC(=O)C1CC1. The summed E-state index contributed by atoms with van der Waals surface area (Å²) >= 11 is 1.34. The highest BCUT2D eigenvalue weighted by molar-refractivity contribution is 8.00. The van der Waals surface area contributed by atoms with Gasteiger partial charge in [-0.2, -0.15) is 0 Å². The quantitative estimate of drug-likeness (QED) is 0.762. The van der Waals surface area contributed by atoms with Crippen molar-refractivity contribution in [2.24, 2.45) is 5.92 Å². The van der Waals surface area contributed by atoms with Gasteiger partial charge >= 0.3 is 0 Å². The highest BCUT2D eigenvalue weighted by Crippen LogP contribution is 2.35. The first-order valence-electron chi connectivity index (χ1n) is 7.52. The molecule has 1 saturated heterocycles. The Kier molecular flexibility index (Phi) is 4.56. The number of β-lactam (4-membered cyclic amide) rings is 1. The number of ketones is 1. The summed E-state index contributed by atoms with van der Waals surface area (Å²) in [7, 11) is 0. The summed E-state index contributed by atoms with van der Waals surface area (Å²) in [5.74, 6) is 0.674. The standard InChI is InChI=1S/C16H18N2O4S/c1-10(19)17-18-15(21)14(22-12-5-3-2-4-6-12)16(18)23-9-13(20)11-7-8-11/h2-6,11,14,16H,7-9H2,1H3,(H,17,19)/t14-,16-/m1/s1. The molecular formula is C16H18N2O4S. The maximum absolute atomic E-state index is 12.2. The molecule has 1 N–H and O–H groups in total. The molecule has 23 heavy (non-hydrogen) atoms. The number of thioether (sulfide) groups is 1. The minimum absolute atomic E-state index is 0.181. The van der Waals surface area contributed by atoms with Gasteiger partial charge < -0.3 is 4.74 Å². The second-order valence-electron chi connectivity index (χ2n) is 5.67. The molecule has 1 aliphatic heterocycles. The van der Waals surface area contributed by atoms with Crippen LogP contribution in [-0.4, -0.2) is 39.8 Å². The number of benzene rings is 1. The van der Waals surface area contributed by atoms with Gasteiger partial charge in [-0.3, -0.25) is 19.8 Å². The zero-order valence-electron chi connectivity index (χ0n) is 12.7. The first kappa shape index (κ1) is 15.9. The largest absolute Gasteiger partial charge is 0.477 e. The van der Waals surface area contributed by atoms with E-state index in [1.54, 1.807) is 12.1 Å². The Balaban J connectivity index is 1.64.